The van der Waals surface area contributed by atoms with Gasteiger partial charge >= 0.3 is 0 Å². The molecule has 3 aromatic rings. The molecule has 6 nitrogen and oxygen atoms in total. The van der Waals surface area contributed by atoms with Crippen molar-refractivity contribution in [1.29, 1.82) is 0 Å². The predicted octanol–water partition coefficient (Wildman–Crippen LogP) is 3.67. The third-order valence-electron chi connectivity index (χ3n) is 3.45. The molecular weight excluding hydrogens is 325 g/mol. The molecule has 0 spiro atoms. The maximum Gasteiger partial charge on any atom is 0.270 e. The van der Waals surface area contributed by atoms with Crippen molar-refractivity contribution >= 4 is 11.9 Å². The van der Waals surface area contributed by atoms with Gasteiger partial charge in [0, 0.05) is 5.56 Å². The Kier molecular flexibility index (Phi) is 5.03. The monoisotopic (exact) mass is 341 g/mol. The van der Waals surface area contributed by atoms with Gasteiger partial charge in [-0.1, -0.05) is 37.3 Å². The van der Waals surface area contributed by atoms with Crippen molar-refractivity contribution in [3.63, 3.8) is 0 Å². The van der Waals surface area contributed by atoms with Crippen molar-refractivity contribution < 1.29 is 18.4 Å². The zero-order chi connectivity index (χ0) is 17.6. The first-order valence-electron chi connectivity index (χ1n) is 7.78. The van der Waals surface area contributed by atoms with E-state index in [-0.39, 0.29) is 11.7 Å². The summed E-state index contributed by atoms with van der Waals surface area (Å²) in [6.07, 6.45) is -0.528. The zero-order valence-electron chi connectivity index (χ0n) is 13.5. The summed E-state index contributed by atoms with van der Waals surface area (Å²) in [6.45, 7) is 1.76. The summed E-state index contributed by atoms with van der Waals surface area (Å²) in [7, 11) is 0. The Hall–Kier alpha value is -3.22. The molecule has 0 aliphatic carbocycles. The first-order chi connectivity index (χ1) is 12.2. The number of halogens is 1. The molecule has 0 fully saturated rings. The minimum absolute atomic E-state index is 0.0163. The Labute approximate surface area is 143 Å². The van der Waals surface area contributed by atoms with Crippen LogP contribution in [0.4, 0.5) is 10.3 Å². The molecule has 7 heteroatoms. The fourth-order valence-corrected chi connectivity index (χ4v) is 2.18. The number of anilines is 1. The van der Waals surface area contributed by atoms with Crippen LogP contribution in [0, 0.1) is 5.82 Å². The molecule has 1 N–H and O–H groups in total. The van der Waals surface area contributed by atoms with Gasteiger partial charge in [-0.2, -0.15) is 4.98 Å². The van der Waals surface area contributed by atoms with E-state index < -0.39 is 17.8 Å². The second kappa shape index (κ2) is 7.57. The van der Waals surface area contributed by atoms with E-state index in [2.05, 4.69) is 15.5 Å². The van der Waals surface area contributed by atoms with Crippen molar-refractivity contribution in [2.45, 2.75) is 19.4 Å². The van der Waals surface area contributed by atoms with Crippen LogP contribution in [-0.2, 0) is 4.79 Å². The van der Waals surface area contributed by atoms with Crippen LogP contribution in [0.15, 0.2) is 59.1 Å². The molecule has 128 valence electrons. The Bertz CT molecular complexity index is 852. The van der Waals surface area contributed by atoms with Crippen LogP contribution < -0.4 is 10.1 Å². The van der Waals surface area contributed by atoms with Crippen molar-refractivity contribution in [2.24, 2.45) is 0 Å². The van der Waals surface area contributed by atoms with Crippen LogP contribution in [0.2, 0.25) is 0 Å². The van der Waals surface area contributed by atoms with Crippen molar-refractivity contribution in [3.05, 3.63) is 60.4 Å². The average molecular weight is 341 g/mol. The average Bonchev–Trinajstić information content (AvgIpc) is 3.10. The smallest absolute Gasteiger partial charge is 0.270 e. The summed E-state index contributed by atoms with van der Waals surface area (Å²) >= 11 is 0. The minimum Gasteiger partial charge on any atom is -0.478 e. The third-order valence-corrected chi connectivity index (χ3v) is 3.45. The molecular formula is C18H16FN3O3. The number of rotatable bonds is 6. The van der Waals surface area contributed by atoms with E-state index in [1.807, 2.05) is 30.3 Å². The molecule has 0 bridgehead atoms. The molecule has 0 saturated carbocycles. The van der Waals surface area contributed by atoms with E-state index in [1.165, 1.54) is 12.1 Å². The second-order valence-corrected chi connectivity index (χ2v) is 5.22. The number of benzene rings is 2. The first kappa shape index (κ1) is 16.6. The Morgan fingerprint density at radius 2 is 1.92 bits per heavy atom. The van der Waals surface area contributed by atoms with Gasteiger partial charge in [-0.3, -0.25) is 10.1 Å². The van der Waals surface area contributed by atoms with Crippen molar-refractivity contribution in [1.82, 2.24) is 10.1 Å². The zero-order valence-corrected chi connectivity index (χ0v) is 13.5. The molecule has 0 aliphatic rings. The van der Waals surface area contributed by atoms with Gasteiger partial charge in [0.05, 0.1) is 0 Å². The van der Waals surface area contributed by atoms with E-state index in [0.29, 0.717) is 12.3 Å². The highest BCUT2D eigenvalue weighted by atomic mass is 19.1. The van der Waals surface area contributed by atoms with Crippen LogP contribution >= 0.6 is 0 Å². The lowest BCUT2D eigenvalue weighted by Crippen LogP contribution is -2.33. The molecule has 2 aromatic carbocycles. The van der Waals surface area contributed by atoms with Crippen molar-refractivity contribution in [2.75, 3.05) is 5.32 Å². The van der Waals surface area contributed by atoms with E-state index in [4.69, 9.17) is 9.26 Å². The molecule has 0 aliphatic heterocycles. The molecule has 1 amide bonds. The largest absolute Gasteiger partial charge is 0.478 e. The van der Waals surface area contributed by atoms with Gasteiger partial charge in [0.2, 0.25) is 0 Å². The molecule has 0 radical (unpaired) electrons. The number of ether oxygens (including phenoxy) is 1. The molecule has 25 heavy (non-hydrogen) atoms. The summed E-state index contributed by atoms with van der Waals surface area (Å²) in [4.78, 5) is 16.4. The summed E-state index contributed by atoms with van der Waals surface area (Å²) in [5, 5.41) is 6.25. The SMILES string of the molecule is CC[C@H](Oc1ccccc1F)C(=O)Nc1noc(-c2ccccc2)n1. The van der Waals surface area contributed by atoms with Gasteiger partial charge in [0.25, 0.3) is 17.7 Å². The van der Waals surface area contributed by atoms with E-state index >= 15 is 0 Å². The molecule has 0 unspecified atom stereocenters. The highest BCUT2D eigenvalue weighted by Crippen LogP contribution is 2.20. The van der Waals surface area contributed by atoms with Gasteiger partial charge in [0.15, 0.2) is 17.7 Å². The lowest BCUT2D eigenvalue weighted by atomic mass is 10.2. The standard InChI is InChI=1S/C18H16FN3O3/c1-2-14(24-15-11-7-6-10-13(15)19)16(23)20-18-21-17(25-22-18)12-8-4-3-5-9-12/h3-11,14H,2H2,1H3,(H,20,22,23)/t14-/m0/s1. The summed E-state index contributed by atoms with van der Waals surface area (Å²) < 4.78 is 24.2. The fourth-order valence-electron chi connectivity index (χ4n) is 2.18. The van der Waals surface area contributed by atoms with Crippen LogP contribution in [0.1, 0.15) is 13.3 Å². The van der Waals surface area contributed by atoms with Crippen molar-refractivity contribution in [3.8, 4) is 17.2 Å². The summed E-state index contributed by atoms with van der Waals surface area (Å²) in [6, 6.07) is 15.1. The van der Waals surface area contributed by atoms with Crippen LogP contribution in [-0.4, -0.2) is 22.2 Å². The fraction of sp³-hybridized carbons (Fsp3) is 0.167. The third kappa shape index (κ3) is 4.00. The Morgan fingerprint density at radius 1 is 1.20 bits per heavy atom. The van der Waals surface area contributed by atoms with E-state index in [9.17, 15) is 9.18 Å². The van der Waals surface area contributed by atoms with Gasteiger partial charge in [-0.05, 0) is 35.8 Å². The quantitative estimate of drug-likeness (QED) is 0.740. The molecule has 1 heterocycles. The van der Waals surface area contributed by atoms with Crippen LogP contribution in [0.25, 0.3) is 11.5 Å². The lowest BCUT2D eigenvalue weighted by molar-refractivity contribution is -0.123. The molecule has 1 atom stereocenters. The number of carbonyl (C=O) groups is 1. The highest BCUT2D eigenvalue weighted by Gasteiger charge is 2.22. The first-order valence-corrected chi connectivity index (χ1v) is 7.78. The van der Waals surface area contributed by atoms with Crippen LogP contribution in [0.3, 0.4) is 0 Å². The summed E-state index contributed by atoms with van der Waals surface area (Å²) in [5.41, 5.74) is 0.741. The topological polar surface area (TPSA) is 77.2 Å². The number of hydrogen-bond donors (Lipinski definition) is 1. The molecule has 3 rings (SSSR count). The number of amides is 1. The maximum atomic E-state index is 13.7. The van der Waals surface area contributed by atoms with Gasteiger partial charge in [-0.25, -0.2) is 4.39 Å². The molecule has 1 aromatic heterocycles. The predicted molar refractivity (Wildman–Crippen MR) is 89.5 cm³/mol. The Morgan fingerprint density at radius 3 is 2.64 bits per heavy atom. The highest BCUT2D eigenvalue weighted by molar-refractivity contribution is 5.92. The van der Waals surface area contributed by atoms with Gasteiger partial charge < -0.3 is 9.26 Å². The van der Waals surface area contributed by atoms with Gasteiger partial charge in [0.1, 0.15) is 0 Å². The summed E-state index contributed by atoms with van der Waals surface area (Å²) in [5.74, 6) is -0.674. The Balaban J connectivity index is 1.68. The number of nitrogens with one attached hydrogen (secondary N) is 1. The van der Waals surface area contributed by atoms with Gasteiger partial charge in [-0.15, -0.1) is 0 Å². The number of aromatic nitrogens is 2. The van der Waals surface area contributed by atoms with E-state index in [0.717, 1.165) is 5.56 Å². The second-order valence-electron chi connectivity index (χ2n) is 5.22. The number of para-hydroxylation sites is 1. The van der Waals surface area contributed by atoms with Crippen LogP contribution in [0.5, 0.6) is 5.75 Å². The number of nitrogens with zero attached hydrogens (tertiary/aromatic N) is 2. The van der Waals surface area contributed by atoms with E-state index in [1.54, 1.807) is 19.1 Å². The molecule has 0 saturated heterocycles. The number of carbonyl (C=O) groups excluding carboxylic acids is 1. The lowest BCUT2D eigenvalue weighted by Gasteiger charge is -2.16. The number of hydrogen-bond acceptors (Lipinski definition) is 5. The minimum atomic E-state index is -0.879. The normalized spacial score (nSPS) is 11.8. The maximum absolute atomic E-state index is 13.7.